The van der Waals surface area contributed by atoms with Crippen LogP contribution in [0.25, 0.3) is 5.69 Å². The first-order chi connectivity index (χ1) is 16.7. The van der Waals surface area contributed by atoms with Crippen molar-refractivity contribution in [2.45, 2.75) is 25.4 Å². The van der Waals surface area contributed by atoms with Crippen LogP contribution in [0, 0.1) is 13.8 Å². The normalized spacial score (nSPS) is 13.9. The fraction of sp³-hybridized carbons (Fsp3) is 0.148. The maximum Gasteiger partial charge on any atom is 0.256 e. The van der Waals surface area contributed by atoms with Crippen molar-refractivity contribution in [2.75, 3.05) is 5.32 Å². The molecule has 1 aliphatic heterocycles. The molecule has 0 saturated carbocycles. The first-order valence-corrected chi connectivity index (χ1v) is 12.9. The number of sulfone groups is 1. The predicted octanol–water partition coefficient (Wildman–Crippen LogP) is 4.40. The molecule has 1 N–H and O–H groups in total. The summed E-state index contributed by atoms with van der Waals surface area (Å²) in [6.45, 7) is 3.93. The number of nitrogens with one attached hydrogen (secondary N) is 1. The smallest absolute Gasteiger partial charge is 0.256 e. The van der Waals surface area contributed by atoms with Crippen LogP contribution in [0.1, 0.15) is 48.7 Å². The predicted molar refractivity (Wildman–Crippen MR) is 134 cm³/mol. The van der Waals surface area contributed by atoms with Gasteiger partial charge in [0, 0.05) is 22.3 Å². The lowest BCUT2D eigenvalue weighted by Gasteiger charge is -2.14. The van der Waals surface area contributed by atoms with Gasteiger partial charge < -0.3 is 5.32 Å². The molecule has 0 fully saturated rings. The number of fused-ring (bicyclic) bond motifs is 1. The molecular weight excluding hydrogens is 462 g/mol. The molecule has 2 heterocycles. The van der Waals surface area contributed by atoms with Crippen LogP contribution in [0.2, 0.25) is 0 Å². The lowest BCUT2D eigenvalue weighted by atomic mass is 10.0. The third-order valence-corrected chi connectivity index (χ3v) is 7.49. The number of anilines is 1. The van der Waals surface area contributed by atoms with Crippen molar-refractivity contribution in [3.05, 3.63) is 112 Å². The fourth-order valence-electron chi connectivity index (χ4n) is 4.30. The maximum atomic E-state index is 13.2. The number of aromatic nitrogens is 2. The van der Waals surface area contributed by atoms with Crippen molar-refractivity contribution in [3.63, 3.8) is 0 Å². The number of hydrogen-bond donors (Lipinski definition) is 1. The van der Waals surface area contributed by atoms with E-state index in [1.807, 2.05) is 38.1 Å². The summed E-state index contributed by atoms with van der Waals surface area (Å²) in [5, 5.41) is 7.42. The molecule has 4 aromatic rings. The highest BCUT2D eigenvalue weighted by molar-refractivity contribution is 7.90. The Morgan fingerprint density at radius 2 is 1.51 bits per heavy atom. The SMILES string of the molecule is Cc1ccc(-n2nc3c(c2NC(=O)c2ccc(C(=O)c4ccccc4)cc2)CS(=O)(=O)C3)c(C)c1. The van der Waals surface area contributed by atoms with Crippen molar-refractivity contribution >= 4 is 27.3 Å². The summed E-state index contributed by atoms with van der Waals surface area (Å²) in [5.74, 6) is -0.523. The van der Waals surface area contributed by atoms with E-state index in [0.29, 0.717) is 33.8 Å². The average molecular weight is 486 g/mol. The van der Waals surface area contributed by atoms with E-state index in [1.54, 1.807) is 53.2 Å². The molecule has 0 aliphatic carbocycles. The Bertz CT molecular complexity index is 1570. The first kappa shape index (κ1) is 22.7. The van der Waals surface area contributed by atoms with Crippen molar-refractivity contribution < 1.29 is 18.0 Å². The molecule has 3 aromatic carbocycles. The van der Waals surface area contributed by atoms with Crippen molar-refractivity contribution in [1.82, 2.24) is 9.78 Å². The molecule has 0 saturated heterocycles. The van der Waals surface area contributed by atoms with Crippen LogP contribution in [0.3, 0.4) is 0 Å². The zero-order valence-corrected chi connectivity index (χ0v) is 20.1. The molecule has 7 nitrogen and oxygen atoms in total. The summed E-state index contributed by atoms with van der Waals surface area (Å²) in [7, 11) is -3.31. The monoisotopic (exact) mass is 485 g/mol. The Hall–Kier alpha value is -4.04. The van der Waals surface area contributed by atoms with E-state index in [-0.39, 0.29) is 17.3 Å². The number of carbonyl (C=O) groups is 2. The molecule has 176 valence electrons. The zero-order valence-electron chi connectivity index (χ0n) is 19.3. The van der Waals surface area contributed by atoms with Crippen LogP contribution < -0.4 is 5.32 Å². The quantitative estimate of drug-likeness (QED) is 0.423. The Morgan fingerprint density at radius 1 is 0.857 bits per heavy atom. The van der Waals surface area contributed by atoms with E-state index in [2.05, 4.69) is 10.4 Å². The first-order valence-electron chi connectivity index (χ1n) is 11.1. The Kier molecular flexibility index (Phi) is 5.61. The standard InChI is InChI=1S/C27H23N3O4S/c1-17-8-13-24(18(2)14-17)30-26(22-15-35(33,34)16-23(22)29-30)28-27(32)21-11-9-20(10-12-21)25(31)19-6-4-3-5-7-19/h3-14H,15-16H2,1-2H3,(H,28,32). The Balaban J connectivity index is 1.47. The minimum absolute atomic E-state index is 0.131. The molecule has 0 bridgehead atoms. The molecule has 5 rings (SSSR count). The average Bonchev–Trinajstić information content (AvgIpc) is 3.31. The van der Waals surface area contributed by atoms with Gasteiger partial charge in [0.25, 0.3) is 5.91 Å². The fourth-order valence-corrected chi connectivity index (χ4v) is 5.79. The lowest BCUT2D eigenvalue weighted by molar-refractivity contribution is 0.101. The van der Waals surface area contributed by atoms with Gasteiger partial charge in [0.05, 0.1) is 22.9 Å². The van der Waals surface area contributed by atoms with Crippen LogP contribution in [-0.4, -0.2) is 29.9 Å². The molecule has 0 spiro atoms. The summed E-state index contributed by atoms with van der Waals surface area (Å²) in [4.78, 5) is 25.8. The zero-order chi connectivity index (χ0) is 24.7. The molecule has 8 heteroatoms. The highest BCUT2D eigenvalue weighted by Gasteiger charge is 2.33. The van der Waals surface area contributed by atoms with Crippen molar-refractivity contribution in [1.29, 1.82) is 0 Å². The van der Waals surface area contributed by atoms with Crippen molar-refractivity contribution in [2.24, 2.45) is 0 Å². The van der Waals surface area contributed by atoms with Crippen LogP contribution >= 0.6 is 0 Å². The van der Waals surface area contributed by atoms with Gasteiger partial charge in [-0.05, 0) is 37.6 Å². The van der Waals surface area contributed by atoms with Crippen LogP contribution in [0.4, 0.5) is 5.82 Å². The minimum Gasteiger partial charge on any atom is -0.306 e. The number of carbonyl (C=O) groups excluding carboxylic acids is 2. The molecular formula is C27H23N3O4S. The van der Waals surface area contributed by atoms with E-state index in [1.165, 1.54) is 0 Å². The molecule has 0 atom stereocenters. The second-order valence-electron chi connectivity index (χ2n) is 8.73. The second-order valence-corrected chi connectivity index (χ2v) is 10.8. The number of amides is 1. The van der Waals surface area contributed by atoms with Crippen LogP contribution in [0.5, 0.6) is 0 Å². The number of nitrogens with zero attached hydrogens (tertiary/aromatic N) is 2. The number of rotatable bonds is 5. The molecule has 1 aliphatic rings. The summed E-state index contributed by atoms with van der Waals surface area (Å²) >= 11 is 0. The van der Waals surface area contributed by atoms with Gasteiger partial charge in [0.1, 0.15) is 5.82 Å². The van der Waals surface area contributed by atoms with E-state index < -0.39 is 15.7 Å². The maximum absolute atomic E-state index is 13.2. The Labute approximate surface area is 203 Å². The third kappa shape index (κ3) is 4.40. The summed E-state index contributed by atoms with van der Waals surface area (Å²) in [6.07, 6.45) is 0. The molecule has 0 unspecified atom stereocenters. The molecule has 35 heavy (non-hydrogen) atoms. The van der Waals surface area contributed by atoms with Gasteiger partial charge in [-0.1, -0.05) is 60.2 Å². The highest BCUT2D eigenvalue weighted by Crippen LogP contribution is 2.34. The Morgan fingerprint density at radius 3 is 2.20 bits per heavy atom. The summed E-state index contributed by atoms with van der Waals surface area (Å²) < 4.78 is 26.1. The van der Waals surface area contributed by atoms with E-state index >= 15 is 0 Å². The van der Waals surface area contributed by atoms with Crippen molar-refractivity contribution in [3.8, 4) is 5.69 Å². The summed E-state index contributed by atoms with van der Waals surface area (Å²) in [6, 6.07) is 21.2. The molecule has 1 amide bonds. The van der Waals surface area contributed by atoms with Gasteiger partial charge in [-0.2, -0.15) is 5.10 Å². The van der Waals surface area contributed by atoms with E-state index in [9.17, 15) is 18.0 Å². The van der Waals surface area contributed by atoms with Gasteiger partial charge in [0.2, 0.25) is 0 Å². The topological polar surface area (TPSA) is 98.1 Å². The summed E-state index contributed by atoms with van der Waals surface area (Å²) in [5.41, 5.74) is 5.15. The largest absolute Gasteiger partial charge is 0.306 e. The number of aryl methyl sites for hydroxylation is 2. The van der Waals surface area contributed by atoms with Crippen LogP contribution in [0.15, 0.2) is 72.8 Å². The number of ketones is 1. The van der Waals surface area contributed by atoms with Gasteiger partial charge >= 0.3 is 0 Å². The lowest BCUT2D eigenvalue weighted by Crippen LogP contribution is -2.17. The van der Waals surface area contributed by atoms with Crippen LogP contribution in [-0.2, 0) is 21.3 Å². The van der Waals surface area contributed by atoms with Gasteiger partial charge in [-0.25, -0.2) is 13.1 Å². The minimum atomic E-state index is -3.31. The molecule has 1 aromatic heterocycles. The highest BCUT2D eigenvalue weighted by atomic mass is 32.2. The third-order valence-electron chi connectivity index (χ3n) is 6.05. The van der Waals surface area contributed by atoms with Gasteiger partial charge in [-0.15, -0.1) is 0 Å². The second kappa shape index (κ2) is 8.63. The van der Waals surface area contributed by atoms with Gasteiger partial charge in [-0.3, -0.25) is 9.59 Å². The van der Waals surface area contributed by atoms with Gasteiger partial charge in [0.15, 0.2) is 15.6 Å². The van der Waals surface area contributed by atoms with E-state index in [4.69, 9.17) is 0 Å². The number of benzene rings is 3. The molecule has 0 radical (unpaired) electrons. The van der Waals surface area contributed by atoms with E-state index in [0.717, 1.165) is 16.8 Å². The number of hydrogen-bond acceptors (Lipinski definition) is 5.